The molecule has 2 aromatic rings. The number of hydrogen-bond donors (Lipinski definition) is 0. The lowest BCUT2D eigenvalue weighted by Crippen LogP contribution is -2.05. The van der Waals surface area contributed by atoms with Crippen LogP contribution in [0.4, 0.5) is 0 Å². The van der Waals surface area contributed by atoms with Crippen molar-refractivity contribution in [3.05, 3.63) is 58.3 Å². The molecule has 0 N–H and O–H groups in total. The largest absolute Gasteiger partial charge is 0.491 e. The Morgan fingerprint density at radius 1 is 1.21 bits per heavy atom. The number of rotatable bonds is 5. The average Bonchev–Trinajstić information content (AvgIpc) is 2.89. The van der Waals surface area contributed by atoms with Gasteiger partial charge in [0.05, 0.1) is 6.10 Å². The Hall–Kier alpha value is -1.87. The minimum absolute atomic E-state index is 0.00213. The van der Waals surface area contributed by atoms with Gasteiger partial charge in [0.1, 0.15) is 5.75 Å². The molecule has 0 saturated carbocycles. The van der Waals surface area contributed by atoms with Crippen molar-refractivity contribution in [1.82, 2.24) is 0 Å². The molecular formula is C16H16O2S. The highest BCUT2D eigenvalue weighted by molar-refractivity contribution is 7.08. The van der Waals surface area contributed by atoms with Crippen molar-refractivity contribution in [2.45, 2.75) is 20.0 Å². The first-order chi connectivity index (χ1) is 9.15. The van der Waals surface area contributed by atoms with Gasteiger partial charge in [-0.1, -0.05) is 6.08 Å². The van der Waals surface area contributed by atoms with Crippen LogP contribution in [0.2, 0.25) is 0 Å². The summed E-state index contributed by atoms with van der Waals surface area (Å²) in [5, 5.41) is 3.99. The molecule has 0 radical (unpaired) electrons. The van der Waals surface area contributed by atoms with Crippen molar-refractivity contribution < 1.29 is 9.53 Å². The smallest absolute Gasteiger partial charge is 0.185 e. The Morgan fingerprint density at radius 3 is 2.53 bits per heavy atom. The van der Waals surface area contributed by atoms with Gasteiger partial charge in [0.25, 0.3) is 0 Å². The number of carbonyl (C=O) groups excluding carboxylic acids is 1. The van der Waals surface area contributed by atoms with Crippen LogP contribution < -0.4 is 4.74 Å². The van der Waals surface area contributed by atoms with E-state index in [0.29, 0.717) is 5.56 Å². The topological polar surface area (TPSA) is 26.3 Å². The molecule has 0 aliphatic rings. The SMILES string of the molecule is CC(C)Oc1ccc(C(=O)C=Cc2ccsc2)cc1. The van der Waals surface area contributed by atoms with E-state index in [9.17, 15) is 4.79 Å². The van der Waals surface area contributed by atoms with Crippen LogP contribution in [0.1, 0.15) is 29.8 Å². The van der Waals surface area contributed by atoms with Crippen LogP contribution in [0.15, 0.2) is 47.2 Å². The van der Waals surface area contributed by atoms with Gasteiger partial charge in [0.15, 0.2) is 5.78 Å². The molecule has 0 spiro atoms. The van der Waals surface area contributed by atoms with Crippen LogP contribution in [-0.2, 0) is 0 Å². The summed E-state index contributed by atoms with van der Waals surface area (Å²) in [6, 6.07) is 9.21. The van der Waals surface area contributed by atoms with Gasteiger partial charge in [-0.25, -0.2) is 0 Å². The second kappa shape index (κ2) is 6.34. The first-order valence-electron chi connectivity index (χ1n) is 6.16. The van der Waals surface area contributed by atoms with E-state index < -0.39 is 0 Å². The molecule has 0 aliphatic heterocycles. The second-order valence-electron chi connectivity index (χ2n) is 4.45. The van der Waals surface area contributed by atoms with Crippen molar-refractivity contribution in [3.8, 4) is 5.75 Å². The third-order valence-electron chi connectivity index (χ3n) is 2.48. The van der Waals surface area contributed by atoms with E-state index in [1.165, 1.54) is 0 Å². The average molecular weight is 272 g/mol. The number of benzene rings is 1. The van der Waals surface area contributed by atoms with E-state index >= 15 is 0 Å². The van der Waals surface area contributed by atoms with Crippen molar-refractivity contribution in [1.29, 1.82) is 0 Å². The summed E-state index contributed by atoms with van der Waals surface area (Å²) < 4.78 is 5.54. The lowest BCUT2D eigenvalue weighted by Gasteiger charge is -2.09. The predicted octanol–water partition coefficient (Wildman–Crippen LogP) is 4.43. The third kappa shape index (κ3) is 4.07. The normalized spacial score (nSPS) is 11.1. The molecule has 0 amide bonds. The van der Waals surface area contributed by atoms with Gasteiger partial charge < -0.3 is 4.74 Å². The van der Waals surface area contributed by atoms with Crippen molar-refractivity contribution in [2.24, 2.45) is 0 Å². The zero-order valence-electron chi connectivity index (χ0n) is 11.0. The third-order valence-corrected chi connectivity index (χ3v) is 3.18. The monoisotopic (exact) mass is 272 g/mol. The number of hydrogen-bond acceptors (Lipinski definition) is 3. The molecule has 0 unspecified atom stereocenters. The fourth-order valence-corrected chi connectivity index (χ4v) is 2.24. The van der Waals surface area contributed by atoms with Crippen molar-refractivity contribution in [2.75, 3.05) is 0 Å². The number of ketones is 1. The van der Waals surface area contributed by atoms with E-state index in [1.807, 2.05) is 48.9 Å². The van der Waals surface area contributed by atoms with Crippen molar-refractivity contribution in [3.63, 3.8) is 0 Å². The number of thiophene rings is 1. The Kier molecular flexibility index (Phi) is 4.53. The van der Waals surface area contributed by atoms with Crippen LogP contribution in [0.5, 0.6) is 5.75 Å². The van der Waals surface area contributed by atoms with E-state index in [-0.39, 0.29) is 11.9 Å². The Morgan fingerprint density at radius 2 is 1.95 bits per heavy atom. The summed E-state index contributed by atoms with van der Waals surface area (Å²) >= 11 is 1.62. The van der Waals surface area contributed by atoms with Crippen molar-refractivity contribution >= 4 is 23.2 Å². The molecule has 0 fully saturated rings. The first-order valence-corrected chi connectivity index (χ1v) is 7.11. The van der Waals surface area contributed by atoms with E-state index in [2.05, 4.69) is 0 Å². The maximum Gasteiger partial charge on any atom is 0.185 e. The molecule has 2 rings (SSSR count). The van der Waals surface area contributed by atoms with Gasteiger partial charge in [0, 0.05) is 5.56 Å². The highest BCUT2D eigenvalue weighted by Crippen LogP contribution is 2.15. The van der Waals surface area contributed by atoms with Gasteiger partial charge in [-0.2, -0.15) is 11.3 Å². The fourth-order valence-electron chi connectivity index (χ4n) is 1.61. The zero-order chi connectivity index (χ0) is 13.7. The Balaban J connectivity index is 2.03. The second-order valence-corrected chi connectivity index (χ2v) is 5.23. The summed E-state index contributed by atoms with van der Waals surface area (Å²) in [5.74, 6) is 0.788. The molecule has 0 bridgehead atoms. The molecule has 1 aromatic heterocycles. The molecule has 1 aromatic carbocycles. The maximum atomic E-state index is 11.9. The minimum atomic E-state index is 0.00213. The number of allylic oxidation sites excluding steroid dienone is 1. The lowest BCUT2D eigenvalue weighted by atomic mass is 10.1. The van der Waals surface area contributed by atoms with Crippen LogP contribution in [0.25, 0.3) is 6.08 Å². The molecule has 1 heterocycles. The molecule has 0 aliphatic carbocycles. The van der Waals surface area contributed by atoms with Crippen LogP contribution >= 0.6 is 11.3 Å². The van der Waals surface area contributed by atoms with Gasteiger partial charge >= 0.3 is 0 Å². The summed E-state index contributed by atoms with van der Waals surface area (Å²) in [5.41, 5.74) is 1.72. The maximum absolute atomic E-state index is 11.9. The van der Waals surface area contributed by atoms with E-state index in [4.69, 9.17) is 4.74 Å². The molecule has 98 valence electrons. The highest BCUT2D eigenvalue weighted by Gasteiger charge is 2.03. The molecule has 2 nitrogen and oxygen atoms in total. The van der Waals surface area contributed by atoms with Gasteiger partial charge in [-0.15, -0.1) is 0 Å². The molecular weight excluding hydrogens is 256 g/mol. The highest BCUT2D eigenvalue weighted by atomic mass is 32.1. The lowest BCUT2D eigenvalue weighted by molar-refractivity contribution is 0.104. The van der Waals surface area contributed by atoms with Gasteiger partial charge in [0.2, 0.25) is 0 Å². The fraction of sp³-hybridized carbons (Fsp3) is 0.188. The number of ether oxygens (including phenoxy) is 1. The zero-order valence-corrected chi connectivity index (χ0v) is 11.8. The van der Waals surface area contributed by atoms with Crippen LogP contribution in [-0.4, -0.2) is 11.9 Å². The van der Waals surface area contributed by atoms with Gasteiger partial charge in [-0.3, -0.25) is 4.79 Å². The quantitative estimate of drug-likeness (QED) is 0.594. The minimum Gasteiger partial charge on any atom is -0.491 e. The number of carbonyl (C=O) groups is 1. The summed E-state index contributed by atoms with van der Waals surface area (Å²) in [6.45, 7) is 3.95. The standard InChI is InChI=1S/C16H16O2S/c1-12(2)18-15-6-4-14(5-7-15)16(17)8-3-13-9-10-19-11-13/h3-12H,1-2H3. The van der Waals surface area contributed by atoms with E-state index in [0.717, 1.165) is 11.3 Å². The summed E-state index contributed by atoms with van der Waals surface area (Å²) in [6.07, 6.45) is 3.57. The molecule has 19 heavy (non-hydrogen) atoms. The molecule has 3 heteroatoms. The Labute approximate surface area is 117 Å². The van der Waals surface area contributed by atoms with Crippen LogP contribution in [0, 0.1) is 0 Å². The molecule has 0 saturated heterocycles. The van der Waals surface area contributed by atoms with Crippen LogP contribution in [0.3, 0.4) is 0 Å². The predicted molar refractivity (Wildman–Crippen MR) is 79.9 cm³/mol. The van der Waals surface area contributed by atoms with Gasteiger partial charge in [-0.05, 0) is 66.6 Å². The Bertz CT molecular complexity index is 551. The summed E-state index contributed by atoms with van der Waals surface area (Å²) in [7, 11) is 0. The first kappa shape index (κ1) is 13.6. The summed E-state index contributed by atoms with van der Waals surface area (Å²) in [4.78, 5) is 11.9. The molecule has 0 atom stereocenters. The van der Waals surface area contributed by atoms with E-state index in [1.54, 1.807) is 29.5 Å².